The molecule has 7 nitrogen and oxygen atoms in total. The summed E-state index contributed by atoms with van der Waals surface area (Å²) in [6.45, 7) is 5.82. The molecule has 0 aliphatic heterocycles. The highest BCUT2D eigenvalue weighted by Crippen LogP contribution is 2.36. The molecular formula is C22H33O7P. The zero-order valence-electron chi connectivity index (χ0n) is 18.7. The standard InChI is InChI=1S/C22H33O7P/c1-22(2,3)21(24)28-14-8-7-9-20(19(23)16-30(26-5)27-6)29-15-17-10-12-18(25-4)13-11-17/h7-8,10-13,20H,9,14-16H2,1-6H3/b8-7+/t20-/m0/s1. The monoisotopic (exact) mass is 440 g/mol. The fourth-order valence-electron chi connectivity index (χ4n) is 2.27. The minimum atomic E-state index is -1.28. The van der Waals surface area contributed by atoms with Gasteiger partial charge in [0.15, 0.2) is 14.2 Å². The van der Waals surface area contributed by atoms with Crippen LogP contribution in [0.2, 0.25) is 0 Å². The normalized spacial score (nSPS) is 12.9. The lowest BCUT2D eigenvalue weighted by atomic mass is 9.97. The fourth-order valence-corrected chi connectivity index (χ4v) is 3.14. The molecule has 168 valence electrons. The molecule has 1 aromatic rings. The lowest BCUT2D eigenvalue weighted by Crippen LogP contribution is -2.26. The Bertz CT molecular complexity index is 676. The van der Waals surface area contributed by atoms with Gasteiger partial charge in [-0.1, -0.05) is 24.3 Å². The Morgan fingerprint density at radius 2 is 1.67 bits per heavy atom. The van der Waals surface area contributed by atoms with Gasteiger partial charge in [0.2, 0.25) is 0 Å². The van der Waals surface area contributed by atoms with Crippen molar-refractivity contribution in [1.82, 2.24) is 0 Å². The number of Topliss-reactive ketones (excluding diaryl/α,β-unsaturated/α-hetero) is 1. The average Bonchev–Trinajstić information content (AvgIpc) is 2.73. The predicted molar refractivity (Wildman–Crippen MR) is 117 cm³/mol. The molecule has 30 heavy (non-hydrogen) atoms. The predicted octanol–water partition coefficient (Wildman–Crippen LogP) is 4.29. The average molecular weight is 440 g/mol. The van der Waals surface area contributed by atoms with Crippen LogP contribution < -0.4 is 4.74 Å². The molecule has 8 heteroatoms. The molecule has 0 N–H and O–H groups in total. The highest BCUT2D eigenvalue weighted by atomic mass is 31.2. The van der Waals surface area contributed by atoms with Crippen molar-refractivity contribution < 1.29 is 32.8 Å². The maximum Gasteiger partial charge on any atom is 0.311 e. The lowest BCUT2D eigenvalue weighted by molar-refractivity contribution is -0.151. The molecule has 0 aliphatic carbocycles. The first-order valence-corrected chi connectivity index (χ1v) is 11.0. The van der Waals surface area contributed by atoms with E-state index >= 15 is 0 Å². The number of carbonyl (C=O) groups excluding carboxylic acids is 2. The largest absolute Gasteiger partial charge is 0.497 e. The number of esters is 1. The molecule has 0 amide bonds. The van der Waals surface area contributed by atoms with E-state index in [0.717, 1.165) is 11.3 Å². The van der Waals surface area contributed by atoms with Crippen LogP contribution in [0.25, 0.3) is 0 Å². The first-order valence-electron chi connectivity index (χ1n) is 9.66. The van der Waals surface area contributed by atoms with Crippen LogP contribution in [0, 0.1) is 5.41 Å². The van der Waals surface area contributed by atoms with Crippen LogP contribution in [0.4, 0.5) is 0 Å². The van der Waals surface area contributed by atoms with Crippen LogP contribution in [0.15, 0.2) is 36.4 Å². The van der Waals surface area contributed by atoms with E-state index in [1.54, 1.807) is 40.0 Å². The van der Waals surface area contributed by atoms with Crippen molar-refractivity contribution in [3.63, 3.8) is 0 Å². The summed E-state index contributed by atoms with van der Waals surface area (Å²) in [7, 11) is 3.35. The molecule has 0 unspecified atom stereocenters. The third-order valence-electron chi connectivity index (χ3n) is 4.10. The number of methoxy groups -OCH3 is 1. The van der Waals surface area contributed by atoms with E-state index in [4.69, 9.17) is 23.3 Å². The smallest absolute Gasteiger partial charge is 0.311 e. The van der Waals surface area contributed by atoms with E-state index in [1.165, 1.54) is 14.2 Å². The summed E-state index contributed by atoms with van der Waals surface area (Å²) >= 11 is 0. The third kappa shape index (κ3) is 9.81. The first-order chi connectivity index (χ1) is 14.2. The molecule has 0 aliphatic rings. The molecule has 1 atom stereocenters. The molecule has 0 heterocycles. The van der Waals surface area contributed by atoms with Crippen LogP contribution in [-0.2, 0) is 34.7 Å². The van der Waals surface area contributed by atoms with E-state index in [0.29, 0.717) is 6.42 Å². The molecule has 0 spiro atoms. The molecule has 0 saturated heterocycles. The summed E-state index contributed by atoms with van der Waals surface area (Å²) in [5, 5.41) is 0. The molecule has 1 aromatic carbocycles. The van der Waals surface area contributed by atoms with Gasteiger partial charge in [0.1, 0.15) is 18.5 Å². The summed E-state index contributed by atoms with van der Waals surface area (Å²) in [6.07, 6.45) is 3.35. The zero-order valence-corrected chi connectivity index (χ0v) is 19.6. The van der Waals surface area contributed by atoms with E-state index in [-0.39, 0.29) is 31.1 Å². The highest BCUT2D eigenvalue weighted by molar-refractivity contribution is 7.48. The van der Waals surface area contributed by atoms with E-state index in [9.17, 15) is 9.59 Å². The van der Waals surface area contributed by atoms with Crippen molar-refractivity contribution in [2.75, 3.05) is 34.1 Å². The van der Waals surface area contributed by atoms with Gasteiger partial charge in [-0.2, -0.15) is 0 Å². The van der Waals surface area contributed by atoms with Gasteiger partial charge in [-0.25, -0.2) is 0 Å². The van der Waals surface area contributed by atoms with Crippen molar-refractivity contribution in [3.8, 4) is 5.75 Å². The molecule has 0 aromatic heterocycles. The summed E-state index contributed by atoms with van der Waals surface area (Å²) in [5.74, 6) is 0.376. The van der Waals surface area contributed by atoms with Crippen LogP contribution in [0.1, 0.15) is 32.8 Å². The number of hydrogen-bond acceptors (Lipinski definition) is 7. The second kappa shape index (κ2) is 13.5. The molecule has 0 radical (unpaired) electrons. The Hall–Kier alpha value is -1.79. The van der Waals surface area contributed by atoms with Gasteiger partial charge in [0.05, 0.1) is 25.3 Å². The number of rotatable bonds is 13. The lowest BCUT2D eigenvalue weighted by Gasteiger charge is -2.18. The quantitative estimate of drug-likeness (QED) is 0.257. The second-order valence-corrected chi connectivity index (χ2v) is 9.24. The maximum atomic E-state index is 12.7. The van der Waals surface area contributed by atoms with E-state index in [1.807, 2.05) is 24.3 Å². The van der Waals surface area contributed by atoms with Crippen molar-refractivity contribution >= 4 is 20.1 Å². The summed E-state index contributed by atoms with van der Waals surface area (Å²) < 4.78 is 26.6. The Labute approximate surface area is 180 Å². The second-order valence-electron chi connectivity index (χ2n) is 7.53. The van der Waals surface area contributed by atoms with Crippen molar-refractivity contribution in [2.24, 2.45) is 5.41 Å². The number of ketones is 1. The van der Waals surface area contributed by atoms with Crippen molar-refractivity contribution in [2.45, 2.75) is 39.9 Å². The van der Waals surface area contributed by atoms with Gasteiger partial charge in [0, 0.05) is 14.2 Å². The Balaban J connectivity index is 2.68. The number of benzene rings is 1. The van der Waals surface area contributed by atoms with Gasteiger partial charge >= 0.3 is 5.97 Å². The number of hydrogen-bond donors (Lipinski definition) is 0. The van der Waals surface area contributed by atoms with Gasteiger partial charge in [-0.3, -0.25) is 9.59 Å². The summed E-state index contributed by atoms with van der Waals surface area (Å²) in [4.78, 5) is 24.5. The Morgan fingerprint density at radius 1 is 1.03 bits per heavy atom. The minimum Gasteiger partial charge on any atom is -0.497 e. The molecular weight excluding hydrogens is 407 g/mol. The summed E-state index contributed by atoms with van der Waals surface area (Å²) in [5.41, 5.74) is 0.378. The third-order valence-corrected chi connectivity index (χ3v) is 5.49. The van der Waals surface area contributed by atoms with Crippen molar-refractivity contribution in [3.05, 3.63) is 42.0 Å². The Kier molecular flexibility index (Phi) is 11.8. The number of carbonyl (C=O) groups is 2. The maximum absolute atomic E-state index is 12.7. The van der Waals surface area contributed by atoms with Gasteiger partial charge in [0.25, 0.3) is 0 Å². The Morgan fingerprint density at radius 3 is 2.20 bits per heavy atom. The summed E-state index contributed by atoms with van der Waals surface area (Å²) in [6, 6.07) is 7.46. The minimum absolute atomic E-state index is 0.102. The zero-order chi connectivity index (χ0) is 22.6. The number of ether oxygens (including phenoxy) is 3. The molecule has 0 bridgehead atoms. The molecule has 0 fully saturated rings. The fraction of sp³-hybridized carbons (Fsp3) is 0.545. The molecule has 0 saturated carbocycles. The van der Waals surface area contributed by atoms with Crippen molar-refractivity contribution in [1.29, 1.82) is 0 Å². The topological polar surface area (TPSA) is 80.3 Å². The van der Waals surface area contributed by atoms with Crippen LogP contribution in [0.3, 0.4) is 0 Å². The first kappa shape index (κ1) is 26.2. The van der Waals surface area contributed by atoms with E-state index in [2.05, 4.69) is 0 Å². The molecule has 1 rings (SSSR count). The van der Waals surface area contributed by atoms with Crippen LogP contribution >= 0.6 is 8.38 Å². The van der Waals surface area contributed by atoms with Gasteiger partial charge < -0.3 is 23.3 Å². The van der Waals surface area contributed by atoms with Crippen LogP contribution in [-0.4, -0.2) is 52.0 Å². The van der Waals surface area contributed by atoms with E-state index < -0.39 is 19.9 Å². The SMILES string of the molecule is COc1ccc(CO[C@@H](C/C=C/COC(=O)C(C)(C)C)C(=O)CP(OC)OC)cc1. The van der Waals surface area contributed by atoms with Gasteiger partial charge in [-0.15, -0.1) is 0 Å². The highest BCUT2D eigenvalue weighted by Gasteiger charge is 2.24. The van der Waals surface area contributed by atoms with Crippen LogP contribution in [0.5, 0.6) is 5.75 Å². The van der Waals surface area contributed by atoms with Gasteiger partial charge in [-0.05, 0) is 44.9 Å².